The highest BCUT2D eigenvalue weighted by atomic mass is 16.6. The molecule has 0 aromatic heterocycles. The van der Waals surface area contributed by atoms with Crippen LogP contribution in [0.3, 0.4) is 0 Å². The van der Waals surface area contributed by atoms with E-state index in [9.17, 15) is 5.11 Å². The normalized spacial score (nSPS) is 41.8. The summed E-state index contributed by atoms with van der Waals surface area (Å²) in [5.74, 6) is 0. The number of aliphatic hydroxyl groups excluding tert-OH is 1. The number of ether oxygens (including phenoxy) is 4. The maximum absolute atomic E-state index is 9.84. The summed E-state index contributed by atoms with van der Waals surface area (Å²) >= 11 is 0. The zero-order valence-electron chi connectivity index (χ0n) is 9.67. The number of aliphatic hydroxyl groups is 1. The largest absolute Gasteiger partial charge is 0.390 e. The molecule has 0 bridgehead atoms. The lowest BCUT2D eigenvalue weighted by Gasteiger charge is -2.42. The van der Waals surface area contributed by atoms with Gasteiger partial charge < -0.3 is 24.1 Å². The standard InChI is InChI=1S/C10H20O5/c1-12-7-5-6(11)8(13-2)10(15-4)9(7)14-3/h6-11H,5H2,1-4H3/t6-,7-,8+,9+,10-/m1/s1. The van der Waals surface area contributed by atoms with Crippen molar-refractivity contribution in [2.45, 2.75) is 36.9 Å². The van der Waals surface area contributed by atoms with E-state index >= 15 is 0 Å². The third-order valence-electron chi connectivity index (χ3n) is 2.99. The Bertz CT molecular complexity index is 187. The van der Waals surface area contributed by atoms with E-state index in [0.717, 1.165) is 0 Å². The number of rotatable bonds is 4. The van der Waals surface area contributed by atoms with Crippen LogP contribution in [0.25, 0.3) is 0 Å². The third-order valence-corrected chi connectivity index (χ3v) is 2.99. The molecule has 90 valence electrons. The van der Waals surface area contributed by atoms with Gasteiger partial charge in [-0.05, 0) is 0 Å². The first kappa shape index (κ1) is 12.9. The molecule has 1 aliphatic rings. The van der Waals surface area contributed by atoms with Gasteiger partial charge in [-0.25, -0.2) is 0 Å². The summed E-state index contributed by atoms with van der Waals surface area (Å²) < 4.78 is 21.1. The SMILES string of the molecule is CO[C@@H]1[C@@H](OC)[C@H](O)C[C@@H](OC)[C@@H]1OC. The van der Waals surface area contributed by atoms with E-state index in [4.69, 9.17) is 18.9 Å². The minimum atomic E-state index is -0.587. The molecule has 0 heterocycles. The molecule has 1 fully saturated rings. The van der Waals surface area contributed by atoms with Crippen molar-refractivity contribution in [3.63, 3.8) is 0 Å². The van der Waals surface area contributed by atoms with E-state index in [1.54, 1.807) is 28.4 Å². The lowest BCUT2D eigenvalue weighted by Crippen LogP contribution is -2.58. The van der Waals surface area contributed by atoms with Crippen LogP contribution in [0, 0.1) is 0 Å². The van der Waals surface area contributed by atoms with Gasteiger partial charge in [-0.2, -0.15) is 0 Å². The molecule has 0 spiro atoms. The highest BCUT2D eigenvalue weighted by molar-refractivity contribution is 4.95. The molecule has 0 unspecified atom stereocenters. The molecule has 1 aliphatic carbocycles. The predicted octanol–water partition coefficient (Wildman–Crippen LogP) is -0.189. The molecule has 0 saturated heterocycles. The third kappa shape index (κ3) is 2.49. The number of hydrogen-bond acceptors (Lipinski definition) is 5. The quantitative estimate of drug-likeness (QED) is 0.711. The van der Waals surface area contributed by atoms with E-state index in [1.807, 2.05) is 0 Å². The molecule has 1 saturated carbocycles. The van der Waals surface area contributed by atoms with Crippen LogP contribution < -0.4 is 0 Å². The van der Waals surface area contributed by atoms with E-state index in [2.05, 4.69) is 0 Å². The topological polar surface area (TPSA) is 57.2 Å². The van der Waals surface area contributed by atoms with Crippen LogP contribution in [0.4, 0.5) is 0 Å². The summed E-state index contributed by atoms with van der Waals surface area (Å²) in [6.45, 7) is 0. The Balaban J connectivity index is 2.80. The van der Waals surface area contributed by atoms with Crippen LogP contribution in [0.15, 0.2) is 0 Å². The second kappa shape index (κ2) is 5.77. The summed E-state index contributed by atoms with van der Waals surface area (Å²) in [6, 6.07) is 0. The van der Waals surface area contributed by atoms with Crippen molar-refractivity contribution < 1.29 is 24.1 Å². The first-order valence-corrected chi connectivity index (χ1v) is 4.98. The second-order valence-corrected chi connectivity index (χ2v) is 3.68. The fraction of sp³-hybridized carbons (Fsp3) is 1.00. The van der Waals surface area contributed by atoms with Gasteiger partial charge in [0.1, 0.15) is 18.3 Å². The minimum Gasteiger partial charge on any atom is -0.390 e. The first-order chi connectivity index (χ1) is 7.19. The van der Waals surface area contributed by atoms with Crippen molar-refractivity contribution in [1.29, 1.82) is 0 Å². The lowest BCUT2D eigenvalue weighted by molar-refractivity contribution is -0.208. The van der Waals surface area contributed by atoms with Gasteiger partial charge in [0.05, 0.1) is 12.2 Å². The van der Waals surface area contributed by atoms with Crippen molar-refractivity contribution in [2.75, 3.05) is 28.4 Å². The smallest absolute Gasteiger partial charge is 0.114 e. The molecule has 0 aromatic rings. The van der Waals surface area contributed by atoms with E-state index in [-0.39, 0.29) is 24.4 Å². The van der Waals surface area contributed by atoms with Crippen LogP contribution in [0.5, 0.6) is 0 Å². The van der Waals surface area contributed by atoms with Crippen LogP contribution in [0.1, 0.15) is 6.42 Å². The predicted molar refractivity (Wildman–Crippen MR) is 53.8 cm³/mol. The Labute approximate surface area is 90.3 Å². The summed E-state index contributed by atoms with van der Waals surface area (Å²) in [7, 11) is 6.34. The van der Waals surface area contributed by atoms with Crippen LogP contribution in [-0.4, -0.2) is 64.1 Å². The van der Waals surface area contributed by atoms with E-state index in [1.165, 1.54) is 0 Å². The lowest BCUT2D eigenvalue weighted by atomic mass is 9.87. The van der Waals surface area contributed by atoms with Crippen LogP contribution >= 0.6 is 0 Å². The molecule has 15 heavy (non-hydrogen) atoms. The zero-order valence-corrected chi connectivity index (χ0v) is 9.67. The molecule has 5 heteroatoms. The van der Waals surface area contributed by atoms with Crippen molar-refractivity contribution in [1.82, 2.24) is 0 Å². The van der Waals surface area contributed by atoms with Gasteiger partial charge in [-0.15, -0.1) is 0 Å². The van der Waals surface area contributed by atoms with E-state index in [0.29, 0.717) is 6.42 Å². The van der Waals surface area contributed by atoms with Crippen molar-refractivity contribution in [3.8, 4) is 0 Å². The summed E-state index contributed by atoms with van der Waals surface area (Å²) in [4.78, 5) is 0. The summed E-state index contributed by atoms with van der Waals surface area (Å²) in [5.41, 5.74) is 0. The van der Waals surface area contributed by atoms with Gasteiger partial charge in [0.25, 0.3) is 0 Å². The summed E-state index contributed by atoms with van der Waals surface area (Å²) in [6.07, 6.45) is -1.15. The van der Waals surface area contributed by atoms with Gasteiger partial charge in [0.15, 0.2) is 0 Å². The minimum absolute atomic E-state index is 0.165. The first-order valence-electron chi connectivity index (χ1n) is 4.98. The highest BCUT2D eigenvalue weighted by Gasteiger charge is 2.45. The Kier molecular flexibility index (Phi) is 4.95. The zero-order chi connectivity index (χ0) is 11.4. The molecule has 1 rings (SSSR count). The Morgan fingerprint density at radius 1 is 0.800 bits per heavy atom. The van der Waals surface area contributed by atoms with Gasteiger partial charge in [0, 0.05) is 34.9 Å². The monoisotopic (exact) mass is 220 g/mol. The molecular weight excluding hydrogens is 200 g/mol. The van der Waals surface area contributed by atoms with Crippen molar-refractivity contribution >= 4 is 0 Å². The number of hydrogen-bond donors (Lipinski definition) is 1. The molecular formula is C10H20O5. The Morgan fingerprint density at radius 3 is 1.73 bits per heavy atom. The maximum Gasteiger partial charge on any atom is 0.114 e. The average molecular weight is 220 g/mol. The Hall–Kier alpha value is -0.200. The van der Waals surface area contributed by atoms with Gasteiger partial charge >= 0.3 is 0 Å². The van der Waals surface area contributed by atoms with Crippen molar-refractivity contribution in [2.24, 2.45) is 0 Å². The molecule has 1 N–H and O–H groups in total. The summed E-state index contributed by atoms with van der Waals surface area (Å²) in [5, 5.41) is 9.84. The van der Waals surface area contributed by atoms with Gasteiger partial charge in [-0.1, -0.05) is 0 Å². The average Bonchev–Trinajstić information content (AvgIpc) is 2.27. The molecule has 0 aliphatic heterocycles. The Morgan fingerprint density at radius 2 is 1.33 bits per heavy atom. The van der Waals surface area contributed by atoms with Crippen molar-refractivity contribution in [3.05, 3.63) is 0 Å². The highest BCUT2D eigenvalue weighted by Crippen LogP contribution is 2.28. The molecule has 0 amide bonds. The maximum atomic E-state index is 9.84. The fourth-order valence-electron chi connectivity index (χ4n) is 2.20. The molecule has 0 radical (unpaired) electrons. The van der Waals surface area contributed by atoms with Crippen LogP contribution in [0.2, 0.25) is 0 Å². The van der Waals surface area contributed by atoms with Gasteiger partial charge in [-0.3, -0.25) is 0 Å². The molecule has 5 atom stereocenters. The van der Waals surface area contributed by atoms with Gasteiger partial charge in [0.2, 0.25) is 0 Å². The van der Waals surface area contributed by atoms with E-state index < -0.39 is 6.10 Å². The second-order valence-electron chi connectivity index (χ2n) is 3.68. The molecule has 5 nitrogen and oxygen atoms in total. The fourth-order valence-corrected chi connectivity index (χ4v) is 2.20. The van der Waals surface area contributed by atoms with Crippen LogP contribution in [-0.2, 0) is 18.9 Å². The number of methoxy groups -OCH3 is 4. The molecule has 0 aromatic carbocycles.